The Balaban J connectivity index is 1.89. The van der Waals surface area contributed by atoms with Gasteiger partial charge in [0.1, 0.15) is 0 Å². The fourth-order valence-corrected chi connectivity index (χ4v) is 3.74. The Hall–Kier alpha value is -0.0800. The van der Waals surface area contributed by atoms with E-state index < -0.39 is 0 Å². The first-order valence-corrected chi connectivity index (χ1v) is 7.39. The first-order valence-electron chi connectivity index (χ1n) is 7.39. The first-order chi connectivity index (χ1) is 7.99. The van der Waals surface area contributed by atoms with Gasteiger partial charge in [0.15, 0.2) is 0 Å². The van der Waals surface area contributed by atoms with E-state index in [2.05, 4.69) is 25.7 Å². The molecule has 0 radical (unpaired) electrons. The van der Waals surface area contributed by atoms with Crippen LogP contribution in [0.2, 0.25) is 0 Å². The minimum absolute atomic E-state index is 0.103. The number of aliphatic hydroxyl groups excluding tert-OH is 1. The van der Waals surface area contributed by atoms with Crippen LogP contribution in [0.1, 0.15) is 52.9 Å². The summed E-state index contributed by atoms with van der Waals surface area (Å²) in [7, 11) is 0. The van der Waals surface area contributed by atoms with Gasteiger partial charge in [-0.2, -0.15) is 0 Å². The molecule has 2 nitrogen and oxygen atoms in total. The molecule has 1 saturated heterocycles. The lowest BCUT2D eigenvalue weighted by molar-refractivity contribution is -0.0458. The lowest BCUT2D eigenvalue weighted by Crippen LogP contribution is -2.47. The lowest BCUT2D eigenvalue weighted by Gasteiger charge is -2.43. The number of hydrogen-bond donors (Lipinski definition) is 1. The van der Waals surface area contributed by atoms with Crippen LogP contribution in [-0.4, -0.2) is 35.7 Å². The molecule has 1 heterocycles. The van der Waals surface area contributed by atoms with Crippen LogP contribution >= 0.6 is 0 Å². The van der Waals surface area contributed by atoms with E-state index in [4.69, 9.17) is 0 Å². The van der Waals surface area contributed by atoms with Crippen LogP contribution in [0.4, 0.5) is 0 Å². The minimum Gasteiger partial charge on any atom is -0.392 e. The van der Waals surface area contributed by atoms with Gasteiger partial charge in [-0.1, -0.05) is 27.2 Å². The van der Waals surface area contributed by atoms with Crippen LogP contribution < -0.4 is 0 Å². The third kappa shape index (κ3) is 3.23. The van der Waals surface area contributed by atoms with Crippen LogP contribution in [-0.2, 0) is 0 Å². The van der Waals surface area contributed by atoms with Crippen molar-refractivity contribution in [2.75, 3.05) is 19.6 Å². The second-order valence-electron chi connectivity index (χ2n) is 7.09. The van der Waals surface area contributed by atoms with Gasteiger partial charge in [0, 0.05) is 13.1 Å². The van der Waals surface area contributed by atoms with Gasteiger partial charge in [0.2, 0.25) is 0 Å². The molecule has 1 aliphatic carbocycles. The summed E-state index contributed by atoms with van der Waals surface area (Å²) in [5.74, 6) is 1.35. The molecular weight excluding hydrogens is 210 g/mol. The van der Waals surface area contributed by atoms with Gasteiger partial charge in [-0.15, -0.1) is 0 Å². The van der Waals surface area contributed by atoms with Crippen LogP contribution in [0.5, 0.6) is 0 Å². The number of aliphatic hydroxyl groups is 1. The molecule has 0 spiro atoms. The summed E-state index contributed by atoms with van der Waals surface area (Å²) in [6.45, 7) is 10.4. The normalized spacial score (nSPS) is 39.2. The van der Waals surface area contributed by atoms with Crippen LogP contribution in [0.25, 0.3) is 0 Å². The standard InChI is InChI=1S/C15H29NO/c1-12-6-5-9-16(10-12)11-13-7-4-8-15(2,3)14(13)17/h12-14,17H,4-11H2,1-3H3. The average molecular weight is 239 g/mol. The van der Waals surface area contributed by atoms with E-state index in [0.717, 1.165) is 12.5 Å². The predicted molar refractivity (Wildman–Crippen MR) is 72.0 cm³/mol. The second kappa shape index (κ2) is 5.27. The highest BCUT2D eigenvalue weighted by Crippen LogP contribution is 2.39. The van der Waals surface area contributed by atoms with Crippen molar-refractivity contribution in [2.24, 2.45) is 17.3 Å². The van der Waals surface area contributed by atoms with E-state index in [1.54, 1.807) is 0 Å². The average Bonchev–Trinajstić information content (AvgIpc) is 2.25. The number of piperidine rings is 1. The highest BCUT2D eigenvalue weighted by molar-refractivity contribution is 4.89. The van der Waals surface area contributed by atoms with Gasteiger partial charge in [-0.3, -0.25) is 0 Å². The third-order valence-electron chi connectivity index (χ3n) is 4.88. The van der Waals surface area contributed by atoms with Crippen LogP contribution in [0.15, 0.2) is 0 Å². The van der Waals surface area contributed by atoms with Crippen LogP contribution in [0, 0.1) is 17.3 Å². The minimum atomic E-state index is -0.103. The molecule has 0 aromatic heterocycles. The van der Waals surface area contributed by atoms with E-state index in [9.17, 15) is 5.11 Å². The Morgan fingerprint density at radius 1 is 1.24 bits per heavy atom. The molecule has 0 bridgehead atoms. The van der Waals surface area contributed by atoms with Gasteiger partial charge in [0.25, 0.3) is 0 Å². The molecule has 2 rings (SSSR count). The highest BCUT2D eigenvalue weighted by Gasteiger charge is 2.38. The van der Waals surface area contributed by atoms with E-state index >= 15 is 0 Å². The van der Waals surface area contributed by atoms with E-state index in [1.165, 1.54) is 45.2 Å². The highest BCUT2D eigenvalue weighted by atomic mass is 16.3. The zero-order valence-corrected chi connectivity index (χ0v) is 11.8. The molecule has 0 aromatic carbocycles. The van der Waals surface area contributed by atoms with Crippen molar-refractivity contribution in [1.29, 1.82) is 0 Å². The maximum absolute atomic E-state index is 10.5. The van der Waals surface area contributed by atoms with Crippen molar-refractivity contribution in [3.63, 3.8) is 0 Å². The van der Waals surface area contributed by atoms with Crippen molar-refractivity contribution in [3.8, 4) is 0 Å². The summed E-state index contributed by atoms with van der Waals surface area (Å²) in [6, 6.07) is 0. The largest absolute Gasteiger partial charge is 0.392 e. The molecule has 17 heavy (non-hydrogen) atoms. The lowest BCUT2D eigenvalue weighted by atomic mass is 9.69. The van der Waals surface area contributed by atoms with Crippen molar-refractivity contribution in [1.82, 2.24) is 4.90 Å². The molecule has 3 atom stereocenters. The topological polar surface area (TPSA) is 23.5 Å². The molecule has 2 aliphatic rings. The Labute approximate surface area is 106 Å². The molecule has 1 aliphatic heterocycles. The smallest absolute Gasteiger partial charge is 0.0631 e. The monoisotopic (exact) mass is 239 g/mol. The fraction of sp³-hybridized carbons (Fsp3) is 1.00. The van der Waals surface area contributed by atoms with Gasteiger partial charge in [-0.05, 0) is 49.5 Å². The molecule has 1 N–H and O–H groups in total. The molecule has 2 fully saturated rings. The number of likely N-dealkylation sites (tertiary alicyclic amines) is 1. The summed E-state index contributed by atoms with van der Waals surface area (Å²) < 4.78 is 0. The Bertz CT molecular complexity index is 251. The Morgan fingerprint density at radius 2 is 2.00 bits per heavy atom. The molecule has 1 saturated carbocycles. The molecule has 100 valence electrons. The van der Waals surface area contributed by atoms with Crippen molar-refractivity contribution in [3.05, 3.63) is 0 Å². The van der Waals surface area contributed by atoms with Gasteiger partial charge in [-0.25, -0.2) is 0 Å². The maximum atomic E-state index is 10.5. The number of hydrogen-bond acceptors (Lipinski definition) is 2. The maximum Gasteiger partial charge on any atom is 0.0631 e. The van der Waals surface area contributed by atoms with Gasteiger partial charge in [0.05, 0.1) is 6.10 Å². The predicted octanol–water partition coefficient (Wildman–Crippen LogP) is 2.91. The molecule has 3 unspecified atom stereocenters. The summed E-state index contributed by atoms with van der Waals surface area (Å²) in [5, 5.41) is 10.5. The zero-order chi connectivity index (χ0) is 12.5. The molecule has 2 heteroatoms. The van der Waals surface area contributed by atoms with E-state index in [0.29, 0.717) is 5.92 Å². The summed E-state index contributed by atoms with van der Waals surface area (Å²) in [6.07, 6.45) is 6.31. The quantitative estimate of drug-likeness (QED) is 0.801. The van der Waals surface area contributed by atoms with Crippen LogP contribution in [0.3, 0.4) is 0 Å². The van der Waals surface area contributed by atoms with Crippen molar-refractivity contribution >= 4 is 0 Å². The fourth-order valence-electron chi connectivity index (χ4n) is 3.74. The molecule has 0 amide bonds. The number of nitrogens with zero attached hydrogens (tertiary/aromatic N) is 1. The van der Waals surface area contributed by atoms with E-state index in [-0.39, 0.29) is 11.5 Å². The van der Waals surface area contributed by atoms with Crippen molar-refractivity contribution < 1.29 is 5.11 Å². The third-order valence-corrected chi connectivity index (χ3v) is 4.88. The van der Waals surface area contributed by atoms with Gasteiger partial charge >= 0.3 is 0 Å². The van der Waals surface area contributed by atoms with Crippen molar-refractivity contribution in [2.45, 2.75) is 59.0 Å². The summed E-state index contributed by atoms with van der Waals surface area (Å²) in [4.78, 5) is 2.59. The second-order valence-corrected chi connectivity index (χ2v) is 7.09. The Morgan fingerprint density at radius 3 is 2.71 bits per heavy atom. The SMILES string of the molecule is CC1CCCN(CC2CCCC(C)(C)C2O)C1. The zero-order valence-electron chi connectivity index (χ0n) is 11.8. The van der Waals surface area contributed by atoms with Gasteiger partial charge < -0.3 is 10.0 Å². The number of rotatable bonds is 2. The Kier molecular flexibility index (Phi) is 4.14. The summed E-state index contributed by atoms with van der Waals surface area (Å²) >= 11 is 0. The summed E-state index contributed by atoms with van der Waals surface area (Å²) in [5.41, 5.74) is 0.129. The molecule has 0 aromatic rings. The van der Waals surface area contributed by atoms with E-state index in [1.807, 2.05) is 0 Å². The molecular formula is C15H29NO. The first kappa shape index (κ1) is 13.4.